The van der Waals surface area contributed by atoms with Gasteiger partial charge in [0.15, 0.2) is 0 Å². The molecule has 92 valence electrons. The van der Waals surface area contributed by atoms with Crippen LogP contribution >= 0.6 is 11.6 Å². The minimum absolute atomic E-state index is 0.445. The molecule has 0 heterocycles. The summed E-state index contributed by atoms with van der Waals surface area (Å²) in [6, 6.07) is 5.34. The molecule has 0 saturated heterocycles. The van der Waals surface area contributed by atoms with E-state index < -0.39 is 11.5 Å². The molecule has 3 nitrogen and oxygen atoms in total. The van der Waals surface area contributed by atoms with Gasteiger partial charge in [0, 0.05) is 10.6 Å². The molecule has 0 amide bonds. The van der Waals surface area contributed by atoms with Gasteiger partial charge in [0.1, 0.15) is 5.75 Å². The van der Waals surface area contributed by atoms with E-state index in [2.05, 4.69) is 6.07 Å². The first-order valence-electron chi connectivity index (χ1n) is 5.34. The van der Waals surface area contributed by atoms with E-state index in [1.165, 1.54) is 0 Å². The van der Waals surface area contributed by atoms with Crippen molar-refractivity contribution in [1.29, 1.82) is 5.26 Å². The Labute approximate surface area is 107 Å². The molecule has 1 aromatic carbocycles. The van der Waals surface area contributed by atoms with E-state index in [0.717, 1.165) is 11.1 Å². The van der Waals surface area contributed by atoms with Gasteiger partial charge in [-0.2, -0.15) is 5.26 Å². The van der Waals surface area contributed by atoms with Crippen LogP contribution in [0.3, 0.4) is 0 Å². The Hall–Kier alpha value is -1.24. The van der Waals surface area contributed by atoms with Crippen LogP contribution in [-0.4, -0.2) is 7.11 Å². The van der Waals surface area contributed by atoms with Crippen molar-refractivity contribution in [2.24, 2.45) is 11.1 Å². The molecular weight excluding hydrogens is 236 g/mol. The highest BCUT2D eigenvalue weighted by Crippen LogP contribution is 2.38. The Kier molecular flexibility index (Phi) is 4.03. The topological polar surface area (TPSA) is 59.0 Å². The van der Waals surface area contributed by atoms with Crippen molar-refractivity contribution in [3.05, 3.63) is 28.3 Å². The zero-order valence-electron chi connectivity index (χ0n) is 10.5. The monoisotopic (exact) mass is 252 g/mol. The maximum atomic E-state index is 9.12. The third-order valence-corrected chi connectivity index (χ3v) is 3.09. The van der Waals surface area contributed by atoms with Crippen LogP contribution in [-0.2, 0) is 0 Å². The predicted molar refractivity (Wildman–Crippen MR) is 69.1 cm³/mol. The minimum atomic E-state index is -0.676. The van der Waals surface area contributed by atoms with Crippen molar-refractivity contribution in [2.75, 3.05) is 7.11 Å². The number of hydrogen-bond donors (Lipinski definition) is 1. The Morgan fingerprint density at radius 1 is 1.47 bits per heavy atom. The zero-order valence-corrected chi connectivity index (χ0v) is 11.3. The first-order chi connectivity index (χ1) is 7.83. The van der Waals surface area contributed by atoms with Crippen LogP contribution in [0.1, 0.15) is 31.0 Å². The second kappa shape index (κ2) is 4.95. The van der Waals surface area contributed by atoms with Crippen molar-refractivity contribution < 1.29 is 4.74 Å². The van der Waals surface area contributed by atoms with E-state index in [1.54, 1.807) is 27.0 Å². The fourth-order valence-corrected chi connectivity index (χ4v) is 2.01. The molecule has 0 aliphatic heterocycles. The first-order valence-corrected chi connectivity index (χ1v) is 5.72. The van der Waals surface area contributed by atoms with Crippen LogP contribution in [0.25, 0.3) is 0 Å². The summed E-state index contributed by atoms with van der Waals surface area (Å²) in [6.07, 6.45) is 0. The highest BCUT2D eigenvalue weighted by atomic mass is 35.5. The maximum absolute atomic E-state index is 9.12. The van der Waals surface area contributed by atoms with Crippen LogP contribution in [0.4, 0.5) is 0 Å². The highest BCUT2D eigenvalue weighted by molar-refractivity contribution is 6.30. The summed E-state index contributed by atoms with van der Waals surface area (Å²) < 4.78 is 5.34. The van der Waals surface area contributed by atoms with Crippen molar-refractivity contribution >= 4 is 11.6 Å². The van der Waals surface area contributed by atoms with Crippen LogP contribution in [0.2, 0.25) is 5.02 Å². The van der Waals surface area contributed by atoms with Gasteiger partial charge in [0.25, 0.3) is 0 Å². The van der Waals surface area contributed by atoms with Gasteiger partial charge in [-0.25, -0.2) is 0 Å². The van der Waals surface area contributed by atoms with E-state index >= 15 is 0 Å². The third-order valence-electron chi connectivity index (χ3n) is 2.87. The number of methoxy groups -OCH3 is 1. The summed E-state index contributed by atoms with van der Waals surface area (Å²) in [6.45, 7) is 5.50. The lowest BCUT2D eigenvalue weighted by molar-refractivity contribution is 0.361. The minimum Gasteiger partial charge on any atom is -0.496 e. The lowest BCUT2D eigenvalue weighted by Crippen LogP contribution is -2.28. The average molecular weight is 253 g/mol. The fourth-order valence-electron chi connectivity index (χ4n) is 1.72. The molecule has 0 fully saturated rings. The lowest BCUT2D eigenvalue weighted by Gasteiger charge is -2.26. The Balaban J connectivity index is 3.36. The number of rotatable bonds is 3. The zero-order chi connectivity index (χ0) is 13.2. The lowest BCUT2D eigenvalue weighted by atomic mass is 9.81. The second-order valence-electron chi connectivity index (χ2n) is 4.66. The molecule has 2 N–H and O–H groups in total. The van der Waals surface area contributed by atoms with E-state index in [-0.39, 0.29) is 0 Å². The molecule has 17 heavy (non-hydrogen) atoms. The van der Waals surface area contributed by atoms with Crippen LogP contribution in [0, 0.1) is 23.7 Å². The number of nitrogens with two attached hydrogens (primary N) is 1. The summed E-state index contributed by atoms with van der Waals surface area (Å²) in [5, 5.41) is 9.72. The Bertz CT molecular complexity index is 463. The van der Waals surface area contributed by atoms with Crippen LogP contribution in [0.5, 0.6) is 5.75 Å². The summed E-state index contributed by atoms with van der Waals surface area (Å²) in [5.41, 5.74) is 7.14. The van der Waals surface area contributed by atoms with Crippen LogP contribution < -0.4 is 10.5 Å². The molecular formula is C13H17ClN2O. The quantitative estimate of drug-likeness (QED) is 0.899. The van der Waals surface area contributed by atoms with Crippen molar-refractivity contribution in [1.82, 2.24) is 0 Å². The van der Waals surface area contributed by atoms with Gasteiger partial charge >= 0.3 is 0 Å². The van der Waals surface area contributed by atoms with Crippen molar-refractivity contribution in [3.8, 4) is 11.8 Å². The number of nitriles is 1. The molecule has 0 spiro atoms. The van der Waals surface area contributed by atoms with E-state index in [9.17, 15) is 0 Å². The normalized spacial score (nSPS) is 13.0. The van der Waals surface area contributed by atoms with Gasteiger partial charge in [-0.3, -0.25) is 0 Å². The maximum Gasteiger partial charge on any atom is 0.126 e. The number of ether oxygens (including phenoxy) is 1. The smallest absolute Gasteiger partial charge is 0.126 e. The summed E-state index contributed by atoms with van der Waals surface area (Å²) in [4.78, 5) is 0. The second-order valence-corrected chi connectivity index (χ2v) is 5.09. The molecule has 0 aliphatic rings. The third kappa shape index (κ3) is 2.71. The van der Waals surface area contributed by atoms with Gasteiger partial charge < -0.3 is 10.5 Å². The molecule has 0 saturated carbocycles. The van der Waals surface area contributed by atoms with Gasteiger partial charge in [-0.1, -0.05) is 11.6 Å². The summed E-state index contributed by atoms with van der Waals surface area (Å²) >= 11 is 6.02. The average Bonchev–Trinajstić information content (AvgIpc) is 2.27. The Morgan fingerprint density at radius 3 is 2.53 bits per heavy atom. The summed E-state index contributed by atoms with van der Waals surface area (Å²) in [5.74, 6) is 0.699. The molecule has 0 radical (unpaired) electrons. The number of nitrogens with zero attached hydrogens (tertiary/aromatic N) is 1. The molecule has 1 atom stereocenters. The first kappa shape index (κ1) is 13.8. The molecule has 1 rings (SSSR count). The molecule has 0 bridgehead atoms. The van der Waals surface area contributed by atoms with E-state index in [1.807, 2.05) is 13.0 Å². The van der Waals surface area contributed by atoms with Gasteiger partial charge in [0.05, 0.1) is 24.6 Å². The van der Waals surface area contributed by atoms with E-state index in [4.69, 9.17) is 27.3 Å². The molecule has 0 aromatic heterocycles. The standard InChI is InChI=1S/C13H17ClN2O/c1-8-5-9(14)6-10(11(8)17-4)12(16)13(2,3)7-15/h5-6,12H,16H2,1-4H3. The Morgan fingerprint density at radius 2 is 2.06 bits per heavy atom. The van der Waals surface area contributed by atoms with Crippen LogP contribution in [0.15, 0.2) is 12.1 Å². The largest absolute Gasteiger partial charge is 0.496 e. The van der Waals surface area contributed by atoms with Gasteiger partial charge in [0.2, 0.25) is 0 Å². The van der Waals surface area contributed by atoms with Crippen molar-refractivity contribution in [2.45, 2.75) is 26.8 Å². The fraction of sp³-hybridized carbons (Fsp3) is 0.462. The number of hydrogen-bond acceptors (Lipinski definition) is 3. The number of halogens is 1. The number of aryl methyl sites for hydroxylation is 1. The van der Waals surface area contributed by atoms with Gasteiger partial charge in [-0.15, -0.1) is 0 Å². The highest BCUT2D eigenvalue weighted by Gasteiger charge is 2.30. The summed E-state index contributed by atoms with van der Waals surface area (Å²) in [7, 11) is 1.59. The van der Waals surface area contributed by atoms with Crippen molar-refractivity contribution in [3.63, 3.8) is 0 Å². The van der Waals surface area contributed by atoms with E-state index in [0.29, 0.717) is 10.8 Å². The molecule has 1 aromatic rings. The molecule has 0 aliphatic carbocycles. The van der Waals surface area contributed by atoms with Gasteiger partial charge in [-0.05, 0) is 38.5 Å². The SMILES string of the molecule is COc1c(C)cc(Cl)cc1C(N)C(C)(C)C#N. The number of benzene rings is 1. The molecule has 4 heteroatoms. The predicted octanol–water partition coefficient (Wildman–Crippen LogP) is 3.21. The molecule has 1 unspecified atom stereocenters.